The second kappa shape index (κ2) is 11.9. The number of benzene rings is 1. The Morgan fingerprint density at radius 1 is 0.800 bits per heavy atom. The zero-order valence-electron chi connectivity index (χ0n) is 16.6. The SMILES string of the molecule is CCCCCCc1cc(OC(=O)O)c(CCC)c(CCC)c1CCC. The summed E-state index contributed by atoms with van der Waals surface area (Å²) < 4.78 is 5.20. The van der Waals surface area contributed by atoms with E-state index in [0.717, 1.165) is 56.9 Å². The van der Waals surface area contributed by atoms with Crippen molar-refractivity contribution in [2.24, 2.45) is 0 Å². The van der Waals surface area contributed by atoms with Crippen LogP contribution in [-0.2, 0) is 25.7 Å². The minimum Gasteiger partial charge on any atom is -0.449 e. The fourth-order valence-corrected chi connectivity index (χ4v) is 3.64. The van der Waals surface area contributed by atoms with Gasteiger partial charge in [-0.1, -0.05) is 66.2 Å². The summed E-state index contributed by atoms with van der Waals surface area (Å²) in [6, 6.07) is 2.02. The van der Waals surface area contributed by atoms with E-state index in [1.165, 1.54) is 36.0 Å². The Hall–Kier alpha value is -1.51. The first-order valence-corrected chi connectivity index (χ1v) is 10.2. The molecule has 0 atom stereocenters. The minimum absolute atomic E-state index is 0.572. The van der Waals surface area contributed by atoms with Gasteiger partial charge in [-0.2, -0.15) is 0 Å². The van der Waals surface area contributed by atoms with Gasteiger partial charge in [-0.3, -0.25) is 0 Å². The van der Waals surface area contributed by atoms with Gasteiger partial charge in [0.25, 0.3) is 0 Å². The molecule has 3 nitrogen and oxygen atoms in total. The van der Waals surface area contributed by atoms with E-state index in [0.29, 0.717) is 5.75 Å². The molecule has 0 unspecified atom stereocenters. The van der Waals surface area contributed by atoms with Crippen molar-refractivity contribution in [1.29, 1.82) is 0 Å². The van der Waals surface area contributed by atoms with E-state index >= 15 is 0 Å². The molecule has 1 aromatic rings. The normalized spacial score (nSPS) is 10.9. The van der Waals surface area contributed by atoms with Crippen LogP contribution in [0.15, 0.2) is 6.07 Å². The Labute approximate surface area is 153 Å². The van der Waals surface area contributed by atoms with Crippen molar-refractivity contribution >= 4 is 6.16 Å². The van der Waals surface area contributed by atoms with Gasteiger partial charge in [0.05, 0.1) is 0 Å². The predicted octanol–water partition coefficient (Wildman–Crippen LogP) is 6.72. The second-order valence-electron chi connectivity index (χ2n) is 6.90. The van der Waals surface area contributed by atoms with Crippen LogP contribution < -0.4 is 4.74 Å². The summed E-state index contributed by atoms with van der Waals surface area (Å²) in [6.07, 6.45) is 10.8. The number of carboxylic acid groups (broad SMARTS) is 1. The van der Waals surface area contributed by atoms with Gasteiger partial charge < -0.3 is 9.84 Å². The summed E-state index contributed by atoms with van der Waals surface area (Å²) in [7, 11) is 0. The topological polar surface area (TPSA) is 46.5 Å². The Morgan fingerprint density at radius 3 is 1.96 bits per heavy atom. The molecule has 0 fully saturated rings. The van der Waals surface area contributed by atoms with E-state index in [9.17, 15) is 4.79 Å². The number of unbranched alkanes of at least 4 members (excludes halogenated alkanes) is 3. The lowest BCUT2D eigenvalue weighted by Crippen LogP contribution is -2.11. The van der Waals surface area contributed by atoms with Crippen LogP contribution in [0.25, 0.3) is 0 Å². The first-order chi connectivity index (χ1) is 12.1. The lowest BCUT2D eigenvalue weighted by Gasteiger charge is -2.21. The third-order valence-corrected chi connectivity index (χ3v) is 4.72. The third-order valence-electron chi connectivity index (χ3n) is 4.72. The largest absolute Gasteiger partial charge is 0.511 e. The van der Waals surface area contributed by atoms with E-state index in [-0.39, 0.29) is 0 Å². The molecule has 142 valence electrons. The van der Waals surface area contributed by atoms with Crippen LogP contribution in [0.3, 0.4) is 0 Å². The highest BCUT2D eigenvalue weighted by Gasteiger charge is 2.19. The lowest BCUT2D eigenvalue weighted by atomic mass is 9.86. The quantitative estimate of drug-likeness (QED) is 0.259. The van der Waals surface area contributed by atoms with Crippen LogP contribution in [0, 0.1) is 0 Å². The van der Waals surface area contributed by atoms with Gasteiger partial charge in [0, 0.05) is 0 Å². The number of carbonyl (C=O) groups is 1. The summed E-state index contributed by atoms with van der Waals surface area (Å²) in [5.74, 6) is 0.572. The minimum atomic E-state index is -1.21. The van der Waals surface area contributed by atoms with Crippen molar-refractivity contribution in [2.45, 2.75) is 98.3 Å². The molecule has 0 saturated carbocycles. The lowest BCUT2D eigenvalue weighted by molar-refractivity contribution is 0.144. The number of ether oxygens (including phenoxy) is 1. The average Bonchev–Trinajstić information content (AvgIpc) is 2.57. The monoisotopic (exact) mass is 348 g/mol. The molecule has 1 N–H and O–H groups in total. The fourth-order valence-electron chi connectivity index (χ4n) is 3.64. The van der Waals surface area contributed by atoms with Crippen LogP contribution >= 0.6 is 0 Å². The molecule has 0 saturated heterocycles. The molecule has 0 aliphatic heterocycles. The van der Waals surface area contributed by atoms with E-state index in [4.69, 9.17) is 9.84 Å². The highest BCUT2D eigenvalue weighted by Crippen LogP contribution is 2.33. The number of aryl methyl sites for hydroxylation is 1. The van der Waals surface area contributed by atoms with E-state index in [1.807, 2.05) is 6.07 Å². The van der Waals surface area contributed by atoms with Crippen molar-refractivity contribution in [3.63, 3.8) is 0 Å². The number of hydrogen-bond donors (Lipinski definition) is 1. The molecule has 0 heterocycles. The average molecular weight is 349 g/mol. The highest BCUT2D eigenvalue weighted by molar-refractivity contribution is 5.64. The molecule has 3 heteroatoms. The van der Waals surface area contributed by atoms with Gasteiger partial charge in [0.2, 0.25) is 0 Å². The summed E-state index contributed by atoms with van der Waals surface area (Å²) in [5.41, 5.74) is 5.24. The molecule has 0 radical (unpaired) electrons. The molecule has 0 amide bonds. The standard InChI is InChI=1S/C22H36O3/c1-5-9-10-11-15-17-16-21(25-22(23)24)20(14-8-4)19(13-7-3)18(17)12-6-2/h16H,5-15H2,1-4H3,(H,23,24). The third kappa shape index (κ3) is 6.72. The van der Waals surface area contributed by atoms with Crippen LogP contribution in [0.5, 0.6) is 5.75 Å². The summed E-state index contributed by atoms with van der Waals surface area (Å²) in [4.78, 5) is 11.2. The summed E-state index contributed by atoms with van der Waals surface area (Å²) >= 11 is 0. The Bertz CT molecular complexity index is 535. The van der Waals surface area contributed by atoms with Gasteiger partial charge in [-0.15, -0.1) is 0 Å². The van der Waals surface area contributed by atoms with Gasteiger partial charge in [0.15, 0.2) is 0 Å². The Kier molecular flexibility index (Phi) is 10.3. The van der Waals surface area contributed by atoms with Crippen molar-refractivity contribution in [2.75, 3.05) is 0 Å². The van der Waals surface area contributed by atoms with Gasteiger partial charge in [-0.05, 0) is 60.4 Å². The zero-order valence-corrected chi connectivity index (χ0v) is 16.6. The van der Waals surface area contributed by atoms with Crippen LogP contribution in [0.4, 0.5) is 4.79 Å². The van der Waals surface area contributed by atoms with Crippen molar-refractivity contribution in [3.05, 3.63) is 28.3 Å². The molecule has 0 aliphatic rings. The van der Waals surface area contributed by atoms with Crippen molar-refractivity contribution in [3.8, 4) is 5.75 Å². The number of rotatable bonds is 12. The fraction of sp³-hybridized carbons (Fsp3) is 0.682. The predicted molar refractivity (Wildman–Crippen MR) is 105 cm³/mol. The van der Waals surface area contributed by atoms with E-state index in [1.54, 1.807) is 0 Å². The zero-order chi connectivity index (χ0) is 18.7. The summed E-state index contributed by atoms with van der Waals surface area (Å²) in [5, 5.41) is 9.17. The van der Waals surface area contributed by atoms with Crippen molar-refractivity contribution < 1.29 is 14.6 Å². The van der Waals surface area contributed by atoms with Crippen LogP contribution in [0.2, 0.25) is 0 Å². The van der Waals surface area contributed by atoms with Gasteiger partial charge in [-0.25, -0.2) is 4.79 Å². The first kappa shape index (κ1) is 21.5. The molecule has 1 aromatic carbocycles. The smallest absolute Gasteiger partial charge is 0.449 e. The number of hydrogen-bond acceptors (Lipinski definition) is 2. The maximum atomic E-state index is 11.2. The molecular weight excluding hydrogens is 312 g/mol. The van der Waals surface area contributed by atoms with E-state index < -0.39 is 6.16 Å². The van der Waals surface area contributed by atoms with Gasteiger partial charge in [0.1, 0.15) is 5.75 Å². The van der Waals surface area contributed by atoms with E-state index in [2.05, 4.69) is 27.7 Å². The van der Waals surface area contributed by atoms with Crippen molar-refractivity contribution in [1.82, 2.24) is 0 Å². The van der Waals surface area contributed by atoms with Gasteiger partial charge >= 0.3 is 6.16 Å². The molecule has 0 aromatic heterocycles. The van der Waals surface area contributed by atoms with Crippen LogP contribution in [0.1, 0.15) is 94.9 Å². The molecule has 0 aliphatic carbocycles. The molecular formula is C22H36O3. The molecule has 1 rings (SSSR count). The molecule has 25 heavy (non-hydrogen) atoms. The summed E-state index contributed by atoms with van der Waals surface area (Å²) in [6.45, 7) is 8.77. The molecule has 0 spiro atoms. The maximum absolute atomic E-state index is 11.2. The maximum Gasteiger partial charge on any atom is 0.511 e. The van der Waals surface area contributed by atoms with Crippen LogP contribution in [-0.4, -0.2) is 11.3 Å². The molecule has 0 bridgehead atoms. The highest BCUT2D eigenvalue weighted by atomic mass is 16.7. The first-order valence-electron chi connectivity index (χ1n) is 10.2. The second-order valence-corrected chi connectivity index (χ2v) is 6.90. The Morgan fingerprint density at radius 2 is 1.40 bits per heavy atom. The Balaban J connectivity index is 3.34.